The normalized spacial score (nSPS) is 19.2. The van der Waals surface area contributed by atoms with Crippen molar-refractivity contribution in [3.05, 3.63) is 35.6 Å². The third-order valence-corrected chi connectivity index (χ3v) is 3.81. The van der Waals surface area contributed by atoms with E-state index in [0.717, 1.165) is 5.56 Å². The van der Waals surface area contributed by atoms with Crippen molar-refractivity contribution in [2.75, 3.05) is 19.6 Å². The van der Waals surface area contributed by atoms with Gasteiger partial charge in [-0.05, 0) is 31.0 Å². The van der Waals surface area contributed by atoms with Gasteiger partial charge in [0.15, 0.2) is 0 Å². The van der Waals surface area contributed by atoms with Crippen LogP contribution in [-0.2, 0) is 4.79 Å². The van der Waals surface area contributed by atoms with Gasteiger partial charge in [-0.15, -0.1) is 0 Å². The molecule has 1 unspecified atom stereocenters. The van der Waals surface area contributed by atoms with Gasteiger partial charge < -0.3 is 10.4 Å². The molecule has 1 aromatic carbocycles. The van der Waals surface area contributed by atoms with E-state index in [4.69, 9.17) is 0 Å². The summed E-state index contributed by atoms with van der Waals surface area (Å²) in [7, 11) is 0. The quantitative estimate of drug-likeness (QED) is 0.858. The van der Waals surface area contributed by atoms with Crippen LogP contribution in [0.3, 0.4) is 0 Å². The number of nitrogens with zero attached hydrogens (tertiary/aromatic N) is 1. The zero-order valence-electron chi connectivity index (χ0n) is 11.9. The Morgan fingerprint density at radius 3 is 2.60 bits per heavy atom. The predicted molar refractivity (Wildman–Crippen MR) is 74.6 cm³/mol. The number of hydrogen-bond acceptors (Lipinski definition) is 3. The number of likely N-dealkylation sites (tertiary alicyclic amines) is 1. The van der Waals surface area contributed by atoms with Gasteiger partial charge in [0.25, 0.3) is 0 Å². The van der Waals surface area contributed by atoms with Crippen molar-refractivity contribution in [2.45, 2.75) is 31.9 Å². The van der Waals surface area contributed by atoms with E-state index in [2.05, 4.69) is 5.32 Å². The predicted octanol–water partition coefficient (Wildman–Crippen LogP) is 1.46. The van der Waals surface area contributed by atoms with Crippen molar-refractivity contribution >= 4 is 5.91 Å². The maximum Gasteiger partial charge on any atom is 0.234 e. The molecular weight excluding hydrogens is 259 g/mol. The summed E-state index contributed by atoms with van der Waals surface area (Å²) in [6.07, 6.45) is 0.705. The Bertz CT molecular complexity index is 469. The molecule has 5 heteroatoms. The van der Waals surface area contributed by atoms with Gasteiger partial charge in [-0.2, -0.15) is 0 Å². The minimum atomic E-state index is -0.622. The Balaban J connectivity index is 1.79. The molecule has 1 fully saturated rings. The number of amides is 1. The summed E-state index contributed by atoms with van der Waals surface area (Å²) in [6.45, 7) is 5.18. The number of rotatable bonds is 5. The van der Waals surface area contributed by atoms with Crippen LogP contribution in [0.2, 0.25) is 0 Å². The minimum absolute atomic E-state index is 0.0834. The molecule has 0 radical (unpaired) electrons. The summed E-state index contributed by atoms with van der Waals surface area (Å²) in [4.78, 5) is 13.8. The second-order valence-electron chi connectivity index (χ2n) is 5.56. The van der Waals surface area contributed by atoms with Gasteiger partial charge in [0, 0.05) is 13.1 Å². The maximum absolute atomic E-state index is 12.8. The van der Waals surface area contributed by atoms with Crippen LogP contribution in [0.25, 0.3) is 0 Å². The van der Waals surface area contributed by atoms with Gasteiger partial charge in [-0.3, -0.25) is 9.69 Å². The lowest BCUT2D eigenvalue weighted by Gasteiger charge is -2.45. The highest BCUT2D eigenvalue weighted by molar-refractivity contribution is 5.78. The lowest BCUT2D eigenvalue weighted by molar-refractivity contribution is -0.133. The van der Waals surface area contributed by atoms with Gasteiger partial charge in [-0.1, -0.05) is 19.1 Å². The average Bonchev–Trinajstić information content (AvgIpc) is 2.37. The molecule has 1 saturated heterocycles. The van der Waals surface area contributed by atoms with Gasteiger partial charge in [0.2, 0.25) is 5.91 Å². The smallest absolute Gasteiger partial charge is 0.234 e. The zero-order chi connectivity index (χ0) is 14.8. The van der Waals surface area contributed by atoms with Gasteiger partial charge in [-0.25, -0.2) is 4.39 Å². The molecule has 1 aliphatic rings. The molecule has 1 atom stereocenters. The maximum atomic E-state index is 12.8. The number of β-amino-alcohol motifs (C(OH)–C–C–N with tert-alkyl or cyclic N) is 1. The highest BCUT2D eigenvalue weighted by Crippen LogP contribution is 2.23. The fraction of sp³-hybridized carbons (Fsp3) is 0.533. The van der Waals surface area contributed by atoms with Crippen molar-refractivity contribution in [1.82, 2.24) is 10.2 Å². The Hall–Kier alpha value is -1.46. The first-order valence-electron chi connectivity index (χ1n) is 6.91. The fourth-order valence-corrected chi connectivity index (χ4v) is 2.45. The van der Waals surface area contributed by atoms with Crippen LogP contribution < -0.4 is 5.32 Å². The SMILES string of the molecule is CCC1(O)CN(CC(=O)NC(C)c2ccc(F)cc2)C1. The zero-order valence-corrected chi connectivity index (χ0v) is 11.9. The van der Waals surface area contributed by atoms with Crippen molar-refractivity contribution in [2.24, 2.45) is 0 Å². The first-order chi connectivity index (χ1) is 9.42. The summed E-state index contributed by atoms with van der Waals surface area (Å²) < 4.78 is 12.8. The van der Waals surface area contributed by atoms with Crippen molar-refractivity contribution in [3.8, 4) is 0 Å². The molecular formula is C15H21FN2O2. The molecule has 0 aliphatic carbocycles. The first kappa shape index (κ1) is 14.9. The van der Waals surface area contributed by atoms with E-state index in [1.807, 2.05) is 18.7 Å². The van der Waals surface area contributed by atoms with Crippen LogP contribution in [-0.4, -0.2) is 41.1 Å². The van der Waals surface area contributed by atoms with Gasteiger partial charge in [0.1, 0.15) is 5.82 Å². The van der Waals surface area contributed by atoms with Crippen LogP contribution in [0.15, 0.2) is 24.3 Å². The van der Waals surface area contributed by atoms with Gasteiger partial charge >= 0.3 is 0 Å². The van der Waals surface area contributed by atoms with Crippen LogP contribution in [0.1, 0.15) is 31.9 Å². The van der Waals surface area contributed by atoms with E-state index in [1.165, 1.54) is 12.1 Å². The molecule has 20 heavy (non-hydrogen) atoms. The van der Waals surface area contributed by atoms with E-state index < -0.39 is 5.60 Å². The largest absolute Gasteiger partial charge is 0.387 e. The summed E-state index contributed by atoms with van der Waals surface area (Å²) >= 11 is 0. The Kier molecular flexibility index (Phi) is 4.40. The average molecular weight is 280 g/mol. The molecule has 1 aromatic rings. The molecule has 2 N–H and O–H groups in total. The van der Waals surface area contributed by atoms with Gasteiger partial charge in [0.05, 0.1) is 18.2 Å². The Labute approximate surface area is 118 Å². The third kappa shape index (κ3) is 3.55. The number of carbonyl (C=O) groups excluding carboxylic acids is 1. The van der Waals surface area contributed by atoms with E-state index in [9.17, 15) is 14.3 Å². The first-order valence-corrected chi connectivity index (χ1v) is 6.91. The number of carbonyl (C=O) groups is 1. The molecule has 1 aliphatic heterocycles. The summed E-state index contributed by atoms with van der Waals surface area (Å²) in [5, 5.41) is 12.8. The number of aliphatic hydroxyl groups is 1. The van der Waals surface area contributed by atoms with Crippen LogP contribution in [0, 0.1) is 5.82 Å². The number of nitrogens with one attached hydrogen (secondary N) is 1. The topological polar surface area (TPSA) is 52.6 Å². The molecule has 1 amide bonds. The second-order valence-corrected chi connectivity index (χ2v) is 5.56. The summed E-state index contributed by atoms with van der Waals surface area (Å²) in [5.41, 5.74) is 0.247. The molecule has 110 valence electrons. The third-order valence-electron chi connectivity index (χ3n) is 3.81. The van der Waals surface area contributed by atoms with E-state index in [0.29, 0.717) is 19.5 Å². The van der Waals surface area contributed by atoms with Crippen LogP contribution >= 0.6 is 0 Å². The number of hydrogen-bond donors (Lipinski definition) is 2. The lowest BCUT2D eigenvalue weighted by atomic mass is 9.91. The summed E-state index contributed by atoms with van der Waals surface area (Å²) in [5.74, 6) is -0.369. The minimum Gasteiger partial charge on any atom is -0.387 e. The monoisotopic (exact) mass is 280 g/mol. The molecule has 2 rings (SSSR count). The summed E-state index contributed by atoms with van der Waals surface area (Å²) in [6, 6.07) is 5.94. The number of benzene rings is 1. The molecule has 4 nitrogen and oxygen atoms in total. The van der Waals surface area contributed by atoms with Crippen LogP contribution in [0.5, 0.6) is 0 Å². The number of halogens is 1. The highest BCUT2D eigenvalue weighted by Gasteiger charge is 2.39. The van der Waals surface area contributed by atoms with Crippen LogP contribution in [0.4, 0.5) is 4.39 Å². The second kappa shape index (κ2) is 5.89. The molecule has 0 aromatic heterocycles. The fourth-order valence-electron chi connectivity index (χ4n) is 2.45. The molecule has 0 spiro atoms. The van der Waals surface area contributed by atoms with E-state index in [1.54, 1.807) is 12.1 Å². The Morgan fingerprint density at radius 2 is 2.05 bits per heavy atom. The lowest BCUT2D eigenvalue weighted by Crippen LogP contribution is -2.63. The van der Waals surface area contributed by atoms with Crippen molar-refractivity contribution in [1.29, 1.82) is 0 Å². The van der Waals surface area contributed by atoms with Crippen molar-refractivity contribution in [3.63, 3.8) is 0 Å². The van der Waals surface area contributed by atoms with E-state index in [-0.39, 0.29) is 24.3 Å². The van der Waals surface area contributed by atoms with Crippen molar-refractivity contribution < 1.29 is 14.3 Å². The highest BCUT2D eigenvalue weighted by atomic mass is 19.1. The van der Waals surface area contributed by atoms with E-state index >= 15 is 0 Å². The molecule has 1 heterocycles. The Morgan fingerprint density at radius 1 is 1.45 bits per heavy atom. The molecule has 0 saturated carbocycles. The molecule has 0 bridgehead atoms. The standard InChI is InChI=1S/C15H21FN2O2/c1-3-15(20)9-18(10-15)8-14(19)17-11(2)12-4-6-13(16)7-5-12/h4-7,11,20H,3,8-10H2,1-2H3,(H,17,19).